The number of carbonyl (C=O) groups excluding carboxylic acids is 1. The first-order valence-electron chi connectivity index (χ1n) is 12.0. The number of morpholine rings is 1. The number of hydrogen-bond acceptors (Lipinski definition) is 6. The average Bonchev–Trinajstić information content (AvgIpc) is 3.44. The van der Waals surface area contributed by atoms with E-state index in [0.717, 1.165) is 32.2 Å². The molecule has 4 fully saturated rings. The van der Waals surface area contributed by atoms with Gasteiger partial charge in [-0.1, -0.05) is 26.5 Å². The second kappa shape index (κ2) is 9.43. The summed E-state index contributed by atoms with van der Waals surface area (Å²) in [5.74, 6) is -0.152. The topological polar surface area (TPSA) is 67.8 Å². The van der Waals surface area contributed by atoms with Crippen molar-refractivity contribution in [2.75, 3.05) is 32.8 Å². The molecule has 8 heteroatoms. The number of fused-ring (bicyclic) bond motifs is 3. The van der Waals surface area contributed by atoms with Crippen molar-refractivity contribution in [2.24, 2.45) is 0 Å². The van der Waals surface area contributed by atoms with Crippen molar-refractivity contribution < 1.29 is 18.7 Å². The van der Waals surface area contributed by atoms with Crippen LogP contribution < -0.4 is 15.3 Å². The van der Waals surface area contributed by atoms with E-state index in [1.54, 1.807) is 0 Å². The summed E-state index contributed by atoms with van der Waals surface area (Å²) in [6, 6.07) is 0.165. The molecule has 5 heterocycles. The van der Waals surface area contributed by atoms with Crippen molar-refractivity contribution >= 4 is 18.6 Å². The van der Waals surface area contributed by atoms with Gasteiger partial charge in [-0.15, -0.1) is 0 Å². The summed E-state index contributed by atoms with van der Waals surface area (Å²) >= 11 is 0. The van der Waals surface area contributed by atoms with E-state index in [1.165, 1.54) is 0 Å². The zero-order chi connectivity index (χ0) is 22.9. The van der Waals surface area contributed by atoms with E-state index in [4.69, 9.17) is 9.47 Å². The number of amides is 1. The number of alkyl halides is 1. The van der Waals surface area contributed by atoms with Gasteiger partial charge < -0.3 is 14.4 Å². The van der Waals surface area contributed by atoms with Crippen LogP contribution in [0.4, 0.5) is 4.39 Å². The Labute approximate surface area is 189 Å². The number of carbonyl (C=O) groups is 1. The minimum Gasteiger partial charge on any atom is -0.461 e. The lowest BCUT2D eigenvalue weighted by molar-refractivity contribution is -0.0306. The summed E-state index contributed by atoms with van der Waals surface area (Å²) in [7, 11) is 0. The SMILES string of the molecule is C=c1c(C(=O)N2C[C@H]3CC[C@@H](C2)O3)nc(OCC23CCCN2C[C@H](F)C3)n/c1=C\C.CC. The van der Waals surface area contributed by atoms with Gasteiger partial charge in [-0.2, -0.15) is 9.97 Å². The summed E-state index contributed by atoms with van der Waals surface area (Å²) in [5, 5.41) is 1.11. The minimum absolute atomic E-state index is 0.110. The van der Waals surface area contributed by atoms with Crippen molar-refractivity contribution in [1.82, 2.24) is 19.8 Å². The molecule has 4 aliphatic rings. The van der Waals surface area contributed by atoms with Crippen molar-refractivity contribution in [2.45, 2.75) is 76.8 Å². The van der Waals surface area contributed by atoms with Gasteiger partial charge in [-0.05, 0) is 39.2 Å². The third-order valence-electron chi connectivity index (χ3n) is 7.06. The molecule has 4 atom stereocenters. The third kappa shape index (κ3) is 4.27. The Kier molecular flexibility index (Phi) is 6.81. The maximum Gasteiger partial charge on any atom is 0.317 e. The van der Waals surface area contributed by atoms with Crippen LogP contribution >= 0.6 is 0 Å². The Morgan fingerprint density at radius 3 is 2.69 bits per heavy atom. The van der Waals surface area contributed by atoms with Crippen LogP contribution in [0.1, 0.15) is 63.4 Å². The molecule has 32 heavy (non-hydrogen) atoms. The Morgan fingerprint density at radius 1 is 1.28 bits per heavy atom. The lowest BCUT2D eigenvalue weighted by Crippen LogP contribution is -2.49. The molecule has 1 amide bonds. The standard InChI is InChI=1S/C22H29FN4O3.C2H6/c1-3-18-14(2)19(20(28)26-11-16-5-6-17(12-26)30-16)25-21(24-18)29-13-22-7-4-8-27(22)10-15(23)9-22;1-2/h3,15-17H,2,4-13H2,1H3;1-2H3/b18-3-;/t15-,16-,17+,22?;/m1./s1. The number of halogens is 1. The maximum absolute atomic E-state index is 14.0. The predicted octanol–water partition coefficient (Wildman–Crippen LogP) is 1.67. The quantitative estimate of drug-likeness (QED) is 0.701. The molecule has 0 spiro atoms. The molecule has 0 aromatic carbocycles. The van der Waals surface area contributed by atoms with Crippen LogP contribution in [0.15, 0.2) is 0 Å². The summed E-state index contributed by atoms with van der Waals surface area (Å²) in [6.07, 6.45) is 5.64. The summed E-state index contributed by atoms with van der Waals surface area (Å²) in [4.78, 5) is 26.2. The highest BCUT2D eigenvalue weighted by atomic mass is 19.1. The first kappa shape index (κ1) is 23.1. The smallest absolute Gasteiger partial charge is 0.317 e. The first-order valence-corrected chi connectivity index (χ1v) is 12.0. The number of hydrogen-bond donors (Lipinski definition) is 0. The molecule has 0 N–H and O–H groups in total. The second-order valence-corrected chi connectivity index (χ2v) is 9.04. The third-order valence-corrected chi connectivity index (χ3v) is 7.06. The van der Waals surface area contributed by atoms with Crippen LogP contribution in [-0.2, 0) is 4.74 Å². The molecule has 4 saturated heterocycles. The van der Waals surface area contributed by atoms with Gasteiger partial charge in [0.2, 0.25) is 0 Å². The van der Waals surface area contributed by atoms with Crippen LogP contribution in [-0.4, -0.2) is 82.4 Å². The van der Waals surface area contributed by atoms with Gasteiger partial charge >= 0.3 is 6.01 Å². The van der Waals surface area contributed by atoms with Gasteiger partial charge in [0.1, 0.15) is 18.5 Å². The van der Waals surface area contributed by atoms with Crippen LogP contribution in [0.5, 0.6) is 6.01 Å². The zero-order valence-corrected chi connectivity index (χ0v) is 19.5. The molecule has 5 rings (SSSR count). The maximum atomic E-state index is 14.0. The lowest BCUT2D eigenvalue weighted by Gasteiger charge is -2.32. The summed E-state index contributed by atoms with van der Waals surface area (Å²) < 4.78 is 25.9. The van der Waals surface area contributed by atoms with Gasteiger partial charge in [0.05, 0.1) is 23.1 Å². The highest BCUT2D eigenvalue weighted by Crippen LogP contribution is 2.40. The number of rotatable bonds is 4. The first-order chi connectivity index (χ1) is 15.5. The highest BCUT2D eigenvalue weighted by Gasteiger charge is 2.49. The van der Waals surface area contributed by atoms with Gasteiger partial charge in [0.25, 0.3) is 5.91 Å². The zero-order valence-electron chi connectivity index (χ0n) is 19.5. The number of nitrogens with zero attached hydrogens (tertiary/aromatic N) is 4. The van der Waals surface area contributed by atoms with Crippen LogP contribution in [0.25, 0.3) is 12.7 Å². The number of aromatic nitrogens is 2. The minimum atomic E-state index is -0.814. The van der Waals surface area contributed by atoms with E-state index in [2.05, 4.69) is 21.4 Å². The molecule has 0 radical (unpaired) electrons. The fourth-order valence-electron chi connectivity index (χ4n) is 5.54. The van der Waals surface area contributed by atoms with Crippen LogP contribution in [0, 0.1) is 0 Å². The molecule has 2 bridgehead atoms. The number of likely N-dealkylation sites (tertiary alicyclic amines) is 1. The van der Waals surface area contributed by atoms with Crippen LogP contribution in [0.3, 0.4) is 0 Å². The van der Waals surface area contributed by atoms with E-state index < -0.39 is 6.17 Å². The van der Waals surface area contributed by atoms with E-state index in [0.29, 0.717) is 43.2 Å². The molecule has 4 aliphatic heterocycles. The Bertz CT molecular complexity index is 945. The lowest BCUT2D eigenvalue weighted by atomic mass is 9.95. The van der Waals surface area contributed by atoms with Gasteiger partial charge in [0, 0.05) is 31.3 Å². The van der Waals surface area contributed by atoms with E-state index in [-0.39, 0.29) is 35.4 Å². The normalized spacial score (nSPS) is 31.9. The van der Waals surface area contributed by atoms with E-state index >= 15 is 0 Å². The van der Waals surface area contributed by atoms with E-state index in [1.807, 2.05) is 31.7 Å². The van der Waals surface area contributed by atoms with Crippen molar-refractivity contribution in [3.05, 3.63) is 16.3 Å². The fraction of sp³-hybridized carbons (Fsp3) is 0.708. The molecule has 176 valence electrons. The Balaban J connectivity index is 0.00000119. The Hall–Kier alpha value is -2.06. The highest BCUT2D eigenvalue weighted by molar-refractivity contribution is 5.92. The molecule has 0 saturated carbocycles. The molecule has 1 unspecified atom stereocenters. The molecule has 1 aromatic heterocycles. The van der Waals surface area contributed by atoms with E-state index in [9.17, 15) is 9.18 Å². The number of ether oxygens (including phenoxy) is 2. The van der Waals surface area contributed by atoms with Gasteiger partial charge in [0.15, 0.2) is 0 Å². The second-order valence-electron chi connectivity index (χ2n) is 9.04. The molecular formula is C24H35FN4O3. The molecule has 7 nitrogen and oxygen atoms in total. The van der Waals surface area contributed by atoms with Crippen molar-refractivity contribution in [1.29, 1.82) is 0 Å². The summed E-state index contributed by atoms with van der Waals surface area (Å²) in [5.41, 5.74) is 0.000216. The fourth-order valence-corrected chi connectivity index (χ4v) is 5.54. The largest absolute Gasteiger partial charge is 0.461 e. The van der Waals surface area contributed by atoms with Gasteiger partial charge in [-0.3, -0.25) is 9.69 Å². The van der Waals surface area contributed by atoms with Crippen molar-refractivity contribution in [3.63, 3.8) is 0 Å². The monoisotopic (exact) mass is 446 g/mol. The molecule has 0 aliphatic carbocycles. The van der Waals surface area contributed by atoms with Gasteiger partial charge in [-0.25, -0.2) is 4.39 Å². The molecular weight excluding hydrogens is 411 g/mol. The van der Waals surface area contributed by atoms with Crippen LogP contribution in [0.2, 0.25) is 0 Å². The molecule has 1 aromatic rings. The predicted molar refractivity (Wildman–Crippen MR) is 121 cm³/mol. The average molecular weight is 447 g/mol. The van der Waals surface area contributed by atoms with Crippen molar-refractivity contribution in [3.8, 4) is 6.01 Å². The summed E-state index contributed by atoms with van der Waals surface area (Å²) in [6.45, 7) is 12.8. The Morgan fingerprint density at radius 2 is 2.00 bits per heavy atom.